The summed E-state index contributed by atoms with van der Waals surface area (Å²) in [5, 5.41) is 21.9. The van der Waals surface area contributed by atoms with Crippen molar-refractivity contribution >= 4 is 0 Å². The molecule has 4 N–H and O–H groups in total. The van der Waals surface area contributed by atoms with Crippen molar-refractivity contribution in [3.05, 3.63) is 0 Å². The zero-order chi connectivity index (χ0) is 15.4. The smallest absolute Gasteiger partial charge is 0.193 e. The van der Waals surface area contributed by atoms with E-state index in [0.29, 0.717) is 12.3 Å². The van der Waals surface area contributed by atoms with Crippen LogP contribution in [0.15, 0.2) is 0 Å². The molecule has 1 aliphatic carbocycles. The molecule has 0 radical (unpaired) electrons. The van der Waals surface area contributed by atoms with Gasteiger partial charge in [-0.25, -0.2) is 0 Å². The van der Waals surface area contributed by atoms with Gasteiger partial charge in [0.1, 0.15) is 5.60 Å². The van der Waals surface area contributed by atoms with Gasteiger partial charge in [-0.1, -0.05) is 13.8 Å². The Morgan fingerprint density at radius 3 is 2.41 bits per heavy atom. The van der Waals surface area contributed by atoms with Crippen molar-refractivity contribution in [3.63, 3.8) is 0 Å². The number of aliphatic hydroxyl groups is 2. The Bertz CT molecular complexity index is 400. The molecular formula is C16H30O6. The second kappa shape index (κ2) is 6.00. The van der Waals surface area contributed by atoms with Crippen LogP contribution >= 0.6 is 0 Å². The van der Waals surface area contributed by atoms with Crippen LogP contribution in [0, 0.1) is 23.7 Å². The van der Waals surface area contributed by atoms with E-state index in [0.717, 1.165) is 19.3 Å². The van der Waals surface area contributed by atoms with Gasteiger partial charge in [0.25, 0.3) is 0 Å². The molecule has 0 aromatic heterocycles. The summed E-state index contributed by atoms with van der Waals surface area (Å²) in [5.41, 5.74) is -1.04. The molecule has 2 aliphatic heterocycles. The highest BCUT2D eigenvalue weighted by atomic mass is 16.8. The molecule has 3 aliphatic rings. The highest BCUT2D eigenvalue weighted by Crippen LogP contribution is 2.55. The van der Waals surface area contributed by atoms with E-state index < -0.39 is 24.0 Å². The molecule has 130 valence electrons. The Hall–Kier alpha value is -0.240. The third kappa shape index (κ3) is 2.60. The summed E-state index contributed by atoms with van der Waals surface area (Å²) >= 11 is 0. The van der Waals surface area contributed by atoms with Crippen molar-refractivity contribution in [1.29, 1.82) is 0 Å². The summed E-state index contributed by atoms with van der Waals surface area (Å²) in [4.78, 5) is 0. The Balaban J connectivity index is 0.00000176. The average molecular weight is 318 g/mol. The number of ether oxygens (including phenoxy) is 3. The van der Waals surface area contributed by atoms with Gasteiger partial charge in [-0.2, -0.15) is 0 Å². The van der Waals surface area contributed by atoms with Gasteiger partial charge < -0.3 is 29.9 Å². The molecule has 0 amide bonds. The standard InChI is InChI=1S/C16H28O5.H2O/c1-9-5-6-12-10(2)13(19-4)20-14-16(12,18)11(9)7-8-15(3,17)21-14;/h9-14,17-18H,5-8H2,1-4H3;1H2/t9-,10-,11+,12+,13+,14-,15?,16-;/m1./s1. The molecule has 22 heavy (non-hydrogen) atoms. The fraction of sp³-hybridized carbons (Fsp3) is 1.00. The Kier molecular flexibility index (Phi) is 4.94. The maximum Gasteiger partial charge on any atom is 0.193 e. The molecule has 3 rings (SSSR count). The first kappa shape index (κ1) is 18.1. The molecule has 0 aromatic carbocycles. The van der Waals surface area contributed by atoms with E-state index in [-0.39, 0.29) is 23.2 Å². The topological polar surface area (TPSA) is 99.7 Å². The lowest BCUT2D eigenvalue weighted by atomic mass is 9.58. The van der Waals surface area contributed by atoms with E-state index in [1.165, 1.54) is 0 Å². The fourth-order valence-corrected chi connectivity index (χ4v) is 4.80. The summed E-state index contributed by atoms with van der Waals surface area (Å²) in [7, 11) is 1.61. The number of hydrogen-bond acceptors (Lipinski definition) is 5. The van der Waals surface area contributed by atoms with Crippen molar-refractivity contribution < 1.29 is 29.9 Å². The van der Waals surface area contributed by atoms with Gasteiger partial charge in [0.2, 0.25) is 0 Å². The molecule has 3 fully saturated rings. The predicted octanol–water partition coefficient (Wildman–Crippen LogP) is 1.04. The third-order valence-electron chi connectivity index (χ3n) is 6.02. The molecule has 6 heteroatoms. The normalized spacial score (nSPS) is 54.8. The van der Waals surface area contributed by atoms with Crippen molar-refractivity contribution in [2.24, 2.45) is 23.7 Å². The van der Waals surface area contributed by atoms with Crippen molar-refractivity contribution in [3.8, 4) is 0 Å². The quantitative estimate of drug-likeness (QED) is 0.752. The van der Waals surface area contributed by atoms with Gasteiger partial charge >= 0.3 is 0 Å². The minimum Gasteiger partial charge on any atom is -0.412 e. The van der Waals surface area contributed by atoms with Crippen LogP contribution in [0.4, 0.5) is 0 Å². The summed E-state index contributed by atoms with van der Waals surface area (Å²) in [6.07, 6.45) is 2.08. The lowest BCUT2D eigenvalue weighted by Gasteiger charge is -2.57. The highest BCUT2D eigenvalue weighted by Gasteiger charge is 2.63. The van der Waals surface area contributed by atoms with Crippen LogP contribution in [0.5, 0.6) is 0 Å². The first-order valence-corrected chi connectivity index (χ1v) is 8.10. The van der Waals surface area contributed by atoms with Crippen LogP contribution in [-0.4, -0.2) is 46.8 Å². The monoisotopic (exact) mass is 318 g/mol. The minimum atomic E-state index is -1.26. The van der Waals surface area contributed by atoms with Crippen LogP contribution in [0.3, 0.4) is 0 Å². The zero-order valence-corrected chi connectivity index (χ0v) is 13.9. The molecule has 2 saturated heterocycles. The Morgan fingerprint density at radius 2 is 1.77 bits per heavy atom. The molecule has 2 heterocycles. The minimum absolute atomic E-state index is 0. The van der Waals surface area contributed by atoms with E-state index in [4.69, 9.17) is 14.2 Å². The summed E-state index contributed by atoms with van der Waals surface area (Å²) in [6, 6.07) is 0. The summed E-state index contributed by atoms with van der Waals surface area (Å²) < 4.78 is 17.1. The van der Waals surface area contributed by atoms with E-state index in [2.05, 4.69) is 13.8 Å². The Labute approximate surface area is 132 Å². The first-order chi connectivity index (χ1) is 9.79. The Morgan fingerprint density at radius 1 is 1.09 bits per heavy atom. The molecule has 0 spiro atoms. The molecule has 6 nitrogen and oxygen atoms in total. The van der Waals surface area contributed by atoms with Gasteiger partial charge in [0.05, 0.1) is 0 Å². The maximum absolute atomic E-state index is 11.5. The van der Waals surface area contributed by atoms with E-state index in [1.807, 2.05) is 0 Å². The van der Waals surface area contributed by atoms with Crippen molar-refractivity contribution in [2.75, 3.05) is 7.11 Å². The van der Waals surface area contributed by atoms with Crippen molar-refractivity contribution in [1.82, 2.24) is 0 Å². The van der Waals surface area contributed by atoms with Crippen LogP contribution in [-0.2, 0) is 14.2 Å². The van der Waals surface area contributed by atoms with E-state index in [9.17, 15) is 10.2 Å². The van der Waals surface area contributed by atoms with Gasteiger partial charge in [0.15, 0.2) is 18.4 Å². The van der Waals surface area contributed by atoms with E-state index >= 15 is 0 Å². The lowest BCUT2D eigenvalue weighted by Crippen LogP contribution is -2.66. The van der Waals surface area contributed by atoms with Crippen LogP contribution < -0.4 is 0 Å². The molecule has 8 atom stereocenters. The molecule has 0 bridgehead atoms. The molecule has 0 aromatic rings. The largest absolute Gasteiger partial charge is 0.412 e. The lowest BCUT2D eigenvalue weighted by molar-refractivity contribution is -0.405. The zero-order valence-electron chi connectivity index (χ0n) is 13.9. The molecule has 1 unspecified atom stereocenters. The number of rotatable bonds is 1. The molecule has 1 saturated carbocycles. The average Bonchev–Trinajstić information content (AvgIpc) is 2.50. The van der Waals surface area contributed by atoms with Gasteiger partial charge in [0, 0.05) is 25.4 Å². The van der Waals surface area contributed by atoms with Gasteiger partial charge in [-0.15, -0.1) is 0 Å². The van der Waals surface area contributed by atoms with E-state index in [1.54, 1.807) is 14.0 Å². The SMILES string of the molecule is CO[C@H]1O[C@@H]2OC(C)(O)CC[C@H]3[C@H](C)CC[C@@H]([C@H]1C)[C@@]23O.O. The van der Waals surface area contributed by atoms with Crippen LogP contribution in [0.1, 0.15) is 46.5 Å². The van der Waals surface area contributed by atoms with Crippen LogP contribution in [0.25, 0.3) is 0 Å². The van der Waals surface area contributed by atoms with Crippen LogP contribution in [0.2, 0.25) is 0 Å². The second-order valence-electron chi connectivity index (χ2n) is 7.42. The van der Waals surface area contributed by atoms with Crippen molar-refractivity contribution in [2.45, 2.75) is 70.4 Å². The summed E-state index contributed by atoms with van der Waals surface area (Å²) in [6.45, 7) is 5.91. The predicted molar refractivity (Wildman–Crippen MR) is 79.7 cm³/mol. The third-order valence-corrected chi connectivity index (χ3v) is 6.02. The second-order valence-corrected chi connectivity index (χ2v) is 7.42. The number of methoxy groups -OCH3 is 1. The molecular weight excluding hydrogens is 288 g/mol. The fourth-order valence-electron chi connectivity index (χ4n) is 4.80. The first-order valence-electron chi connectivity index (χ1n) is 8.10. The summed E-state index contributed by atoms with van der Waals surface area (Å²) in [5.74, 6) is -0.577. The number of hydrogen-bond donors (Lipinski definition) is 2. The van der Waals surface area contributed by atoms with Gasteiger partial charge in [-0.05, 0) is 38.0 Å². The van der Waals surface area contributed by atoms with Gasteiger partial charge in [-0.3, -0.25) is 0 Å². The highest BCUT2D eigenvalue weighted by molar-refractivity contribution is 5.06. The maximum atomic E-state index is 11.5.